The van der Waals surface area contributed by atoms with E-state index in [4.69, 9.17) is 11.6 Å². The highest BCUT2D eigenvalue weighted by atomic mass is 35.5. The molecule has 0 fully saturated rings. The van der Waals surface area contributed by atoms with Crippen LogP contribution in [-0.2, 0) is 22.7 Å². The molecule has 2 heterocycles. The van der Waals surface area contributed by atoms with Crippen LogP contribution in [0, 0.1) is 11.6 Å². The lowest BCUT2D eigenvalue weighted by atomic mass is 10.0. The summed E-state index contributed by atoms with van der Waals surface area (Å²) in [7, 11) is -4.76. The van der Waals surface area contributed by atoms with E-state index in [1.54, 1.807) is 0 Å². The Morgan fingerprint density at radius 3 is 2.36 bits per heavy atom. The number of sulfonamides is 1. The van der Waals surface area contributed by atoms with Crippen LogP contribution >= 0.6 is 11.6 Å². The summed E-state index contributed by atoms with van der Waals surface area (Å²) in [5, 5.41) is 0.405. The molecule has 2 aromatic heterocycles. The van der Waals surface area contributed by atoms with E-state index in [1.165, 1.54) is 41.1 Å². The van der Waals surface area contributed by atoms with Crippen molar-refractivity contribution in [3.63, 3.8) is 0 Å². The lowest BCUT2D eigenvalue weighted by Gasteiger charge is -2.14. The van der Waals surface area contributed by atoms with Gasteiger partial charge in [-0.3, -0.25) is 9.59 Å². The Hall–Kier alpha value is -4.49. The predicted molar refractivity (Wildman–Crippen MR) is 145 cm³/mol. The number of carbonyl (C=O) groups is 1. The number of hydrogen-bond donors (Lipinski definition) is 2. The van der Waals surface area contributed by atoms with Crippen molar-refractivity contribution in [1.82, 2.24) is 14.3 Å². The fourth-order valence-electron chi connectivity index (χ4n) is 4.51. The first-order valence-corrected chi connectivity index (χ1v) is 13.8. The summed E-state index contributed by atoms with van der Waals surface area (Å²) in [6.07, 6.45) is -3.40. The lowest BCUT2D eigenvalue weighted by Crippen LogP contribution is -2.33. The topological polar surface area (TPSA) is 101 Å². The molecule has 0 atom stereocenters. The van der Waals surface area contributed by atoms with Gasteiger partial charge in [-0.25, -0.2) is 21.9 Å². The van der Waals surface area contributed by atoms with Crippen molar-refractivity contribution in [2.24, 2.45) is 0 Å². The minimum Gasteiger partial charge on any atom is -0.331 e. The Morgan fingerprint density at radius 1 is 0.976 bits per heavy atom. The number of fused-ring (bicyclic) bond motifs is 1. The van der Waals surface area contributed by atoms with Crippen LogP contribution in [0.2, 0.25) is 5.02 Å². The predicted octanol–water partition coefficient (Wildman–Crippen LogP) is 6.11. The Balaban J connectivity index is 1.72. The molecule has 5 aromatic rings. The van der Waals surface area contributed by atoms with Gasteiger partial charge >= 0.3 is 6.18 Å². The normalized spacial score (nSPS) is 12.0. The third-order valence-corrected chi connectivity index (χ3v) is 7.97. The zero-order valence-corrected chi connectivity index (χ0v) is 22.5. The molecule has 0 aliphatic rings. The minimum atomic E-state index is -4.76. The highest BCUT2D eigenvalue weighted by Gasteiger charge is 2.32. The molecule has 0 saturated carbocycles. The van der Waals surface area contributed by atoms with Crippen LogP contribution in [0.5, 0.6) is 0 Å². The number of H-pyrrole nitrogens is 1. The number of carbonyl (C=O) groups excluding carboxylic acids is 1. The fraction of sp³-hybridized carbons (Fsp3) is 0.0714. The van der Waals surface area contributed by atoms with Crippen molar-refractivity contribution in [3.8, 4) is 11.1 Å². The number of aromatic nitrogens is 2. The van der Waals surface area contributed by atoms with Crippen molar-refractivity contribution in [1.29, 1.82) is 0 Å². The number of pyridine rings is 1. The van der Waals surface area contributed by atoms with Gasteiger partial charge in [-0.2, -0.15) is 13.2 Å². The second-order valence-electron chi connectivity index (χ2n) is 9.08. The van der Waals surface area contributed by atoms with E-state index < -0.39 is 62.0 Å². The van der Waals surface area contributed by atoms with Gasteiger partial charge in [-0.1, -0.05) is 11.6 Å². The van der Waals surface area contributed by atoms with Crippen molar-refractivity contribution < 1.29 is 35.2 Å². The summed E-state index contributed by atoms with van der Waals surface area (Å²) in [5.41, 5.74) is -2.30. The summed E-state index contributed by atoms with van der Waals surface area (Å²) in [4.78, 5) is 28.5. The standard InChI is InChI=1S/C28H17ClF5N3O4S/c29-17-5-10-23-21(13-17)24(20-2-1-11-35-26(20)38)25(37(23)14-15-12-18(30)6-9-22(15)31)27(39)36-42(40,41)19-7-3-16(4-8-19)28(32,33)34/h1-13H,14H2,(H,35,38)(H,36,39). The number of halogens is 6. The van der Waals surface area contributed by atoms with E-state index in [-0.39, 0.29) is 32.6 Å². The van der Waals surface area contributed by atoms with Crippen LogP contribution < -0.4 is 10.3 Å². The van der Waals surface area contributed by atoms with Crippen molar-refractivity contribution in [2.45, 2.75) is 17.6 Å². The summed E-state index contributed by atoms with van der Waals surface area (Å²) in [5.74, 6) is -2.89. The number of benzene rings is 3. The van der Waals surface area contributed by atoms with Gasteiger partial charge in [0.05, 0.1) is 17.0 Å². The SMILES string of the molecule is O=C(NS(=O)(=O)c1ccc(C(F)(F)F)cc1)c1c(-c2ccc[nH]c2=O)c2cc(Cl)ccc2n1Cc1cc(F)ccc1F. The van der Waals surface area contributed by atoms with E-state index in [0.29, 0.717) is 24.3 Å². The molecule has 0 aliphatic heterocycles. The number of hydrogen-bond acceptors (Lipinski definition) is 4. The molecule has 0 unspecified atom stereocenters. The van der Waals surface area contributed by atoms with Crippen LogP contribution in [0.1, 0.15) is 21.6 Å². The maximum Gasteiger partial charge on any atom is 0.416 e. The average Bonchev–Trinajstić information content (AvgIpc) is 3.23. The average molecular weight is 622 g/mol. The first kappa shape index (κ1) is 29.0. The van der Waals surface area contributed by atoms with Gasteiger partial charge in [0.15, 0.2) is 0 Å². The van der Waals surface area contributed by atoms with Gasteiger partial charge < -0.3 is 9.55 Å². The Labute approximate surface area is 239 Å². The van der Waals surface area contributed by atoms with Crippen LogP contribution in [0.3, 0.4) is 0 Å². The smallest absolute Gasteiger partial charge is 0.331 e. The number of nitrogens with one attached hydrogen (secondary N) is 2. The van der Waals surface area contributed by atoms with Gasteiger partial charge in [0, 0.05) is 38.8 Å². The number of aromatic amines is 1. The first-order chi connectivity index (χ1) is 19.8. The molecule has 0 saturated heterocycles. The summed E-state index contributed by atoms with van der Waals surface area (Å²) in [6, 6.07) is 12.2. The zero-order chi connectivity index (χ0) is 30.4. The lowest BCUT2D eigenvalue weighted by molar-refractivity contribution is -0.137. The van der Waals surface area contributed by atoms with Crippen molar-refractivity contribution in [2.75, 3.05) is 0 Å². The fourth-order valence-corrected chi connectivity index (χ4v) is 5.63. The summed E-state index contributed by atoms with van der Waals surface area (Å²) >= 11 is 6.22. The number of amides is 1. The molecule has 1 amide bonds. The number of alkyl halides is 3. The molecule has 0 aliphatic carbocycles. The minimum absolute atomic E-state index is 0.0636. The van der Waals surface area contributed by atoms with Crippen LogP contribution in [-0.4, -0.2) is 23.9 Å². The monoisotopic (exact) mass is 621 g/mol. The molecule has 216 valence electrons. The van der Waals surface area contributed by atoms with Gasteiger partial charge in [0.1, 0.15) is 17.3 Å². The maximum absolute atomic E-state index is 14.7. The van der Waals surface area contributed by atoms with Gasteiger partial charge in [0.25, 0.3) is 21.5 Å². The van der Waals surface area contributed by atoms with E-state index in [9.17, 15) is 40.0 Å². The molecule has 14 heteroatoms. The summed E-state index contributed by atoms with van der Waals surface area (Å²) in [6.45, 7) is -0.477. The molecular weight excluding hydrogens is 605 g/mol. The zero-order valence-electron chi connectivity index (χ0n) is 21.0. The number of nitrogens with zero attached hydrogens (tertiary/aromatic N) is 1. The number of rotatable bonds is 6. The molecule has 3 aromatic carbocycles. The first-order valence-electron chi connectivity index (χ1n) is 11.9. The van der Waals surface area contributed by atoms with Gasteiger partial charge in [-0.05, 0) is 72.8 Å². The molecule has 5 rings (SSSR count). The molecule has 0 spiro atoms. The van der Waals surface area contributed by atoms with E-state index >= 15 is 0 Å². The summed E-state index contributed by atoms with van der Waals surface area (Å²) < 4.78 is 97.0. The third kappa shape index (κ3) is 5.52. The molecule has 42 heavy (non-hydrogen) atoms. The second kappa shape index (κ2) is 10.7. The highest BCUT2D eigenvalue weighted by molar-refractivity contribution is 7.90. The Morgan fingerprint density at radius 2 is 1.69 bits per heavy atom. The van der Waals surface area contributed by atoms with E-state index in [2.05, 4.69) is 4.98 Å². The van der Waals surface area contributed by atoms with Gasteiger partial charge in [0.2, 0.25) is 0 Å². The van der Waals surface area contributed by atoms with Gasteiger partial charge in [-0.15, -0.1) is 0 Å². The highest BCUT2D eigenvalue weighted by Crippen LogP contribution is 2.36. The maximum atomic E-state index is 14.7. The largest absolute Gasteiger partial charge is 0.416 e. The third-order valence-electron chi connectivity index (χ3n) is 6.38. The van der Waals surface area contributed by atoms with E-state index in [0.717, 1.165) is 18.2 Å². The molecule has 0 radical (unpaired) electrons. The molecule has 2 N–H and O–H groups in total. The Bertz CT molecular complexity index is 2020. The van der Waals surface area contributed by atoms with Crippen molar-refractivity contribution in [3.05, 3.63) is 123 Å². The van der Waals surface area contributed by atoms with Crippen molar-refractivity contribution >= 4 is 38.4 Å². The molecule has 7 nitrogen and oxygen atoms in total. The second-order valence-corrected chi connectivity index (χ2v) is 11.2. The Kier molecular flexibility index (Phi) is 7.41. The van der Waals surface area contributed by atoms with E-state index in [1.807, 2.05) is 4.72 Å². The van der Waals surface area contributed by atoms with Crippen LogP contribution in [0.25, 0.3) is 22.0 Å². The van der Waals surface area contributed by atoms with Crippen LogP contribution in [0.4, 0.5) is 22.0 Å². The molecular formula is C28H17ClF5N3O4S. The quantitative estimate of drug-likeness (QED) is 0.223. The molecule has 0 bridgehead atoms. The van der Waals surface area contributed by atoms with Crippen LogP contribution in [0.15, 0.2) is 88.7 Å².